The van der Waals surface area contributed by atoms with E-state index in [1.54, 1.807) is 6.92 Å². The van der Waals surface area contributed by atoms with Gasteiger partial charge in [-0.3, -0.25) is 4.52 Å². The molecule has 80 valence electrons. The van der Waals surface area contributed by atoms with E-state index in [1.807, 2.05) is 0 Å². The van der Waals surface area contributed by atoms with Gasteiger partial charge in [-0.15, -0.1) is 6.58 Å². The zero-order chi connectivity index (χ0) is 11.2. The molecule has 0 rings (SSSR count). The predicted molar refractivity (Wildman–Crippen MR) is 55.2 cm³/mol. The van der Waals surface area contributed by atoms with Gasteiger partial charge in [0.15, 0.2) is 0 Å². The summed E-state index contributed by atoms with van der Waals surface area (Å²) in [7, 11) is -3.31. The van der Waals surface area contributed by atoms with E-state index < -0.39 is 13.6 Å². The molecule has 0 aliphatic carbocycles. The van der Waals surface area contributed by atoms with Crippen molar-refractivity contribution in [3.8, 4) is 0 Å². The van der Waals surface area contributed by atoms with Crippen molar-refractivity contribution in [2.75, 3.05) is 12.8 Å². The summed E-state index contributed by atoms with van der Waals surface area (Å²) in [4.78, 5) is 11.1. The molecule has 0 heterocycles. The smallest absolute Gasteiger partial charge is 0.381 e. The van der Waals surface area contributed by atoms with Crippen LogP contribution in [0.25, 0.3) is 0 Å². The second kappa shape index (κ2) is 5.78. The predicted octanol–water partition coefficient (Wildman–Crippen LogP) is 2.52. The average molecular weight is 218 g/mol. The van der Waals surface area contributed by atoms with Crippen LogP contribution in [0, 0.1) is 0 Å². The number of rotatable bonds is 6. The Hall–Kier alpha value is -0.860. The maximum Gasteiger partial charge on any atom is 0.381 e. The fourth-order valence-corrected chi connectivity index (χ4v) is 1.66. The second-order valence-corrected chi connectivity index (χ2v) is 4.97. The quantitative estimate of drug-likeness (QED) is 0.390. The molecular formula is C9H15O4P. The minimum atomic E-state index is -3.31. The number of hydrogen-bond donors (Lipinski definition) is 0. The van der Waals surface area contributed by atoms with Crippen molar-refractivity contribution in [1.82, 2.24) is 0 Å². The molecule has 0 bridgehead atoms. The molecule has 0 saturated carbocycles. The van der Waals surface area contributed by atoms with Crippen LogP contribution in [0.15, 0.2) is 24.8 Å². The van der Waals surface area contributed by atoms with E-state index in [1.165, 1.54) is 13.0 Å². The molecular weight excluding hydrogens is 203 g/mol. The number of carbonyl (C=O) groups excluding carboxylic acids is 1. The van der Waals surface area contributed by atoms with Gasteiger partial charge in [0, 0.05) is 5.57 Å². The van der Waals surface area contributed by atoms with E-state index in [0.717, 1.165) is 0 Å². The van der Waals surface area contributed by atoms with E-state index >= 15 is 0 Å². The van der Waals surface area contributed by atoms with Crippen molar-refractivity contribution in [3.05, 3.63) is 24.8 Å². The standard InChI is InChI=1S/C9H15O4P/c1-5-7-12-14(11,6-2)13-9(10)8(3)4/h5H,1,3,6-7H2,2,4H3. The first-order valence-corrected chi connectivity index (χ1v) is 5.92. The fourth-order valence-electron chi connectivity index (χ4n) is 0.553. The molecule has 0 aromatic rings. The first kappa shape index (κ1) is 13.1. The van der Waals surface area contributed by atoms with E-state index in [4.69, 9.17) is 9.05 Å². The van der Waals surface area contributed by atoms with Gasteiger partial charge in [-0.05, 0) is 6.92 Å². The second-order valence-electron chi connectivity index (χ2n) is 2.67. The van der Waals surface area contributed by atoms with Gasteiger partial charge in [0.25, 0.3) is 0 Å². The van der Waals surface area contributed by atoms with Crippen molar-refractivity contribution >= 4 is 13.6 Å². The molecule has 5 heteroatoms. The van der Waals surface area contributed by atoms with Gasteiger partial charge in [0.1, 0.15) is 0 Å². The van der Waals surface area contributed by atoms with Gasteiger partial charge in [-0.2, -0.15) is 0 Å². The maximum absolute atomic E-state index is 11.7. The third kappa shape index (κ3) is 4.40. The van der Waals surface area contributed by atoms with E-state index in [9.17, 15) is 9.36 Å². The van der Waals surface area contributed by atoms with Crippen LogP contribution in [0.2, 0.25) is 0 Å². The number of hydrogen-bond acceptors (Lipinski definition) is 4. The minimum absolute atomic E-state index is 0.0919. The Morgan fingerprint density at radius 2 is 2.14 bits per heavy atom. The molecule has 14 heavy (non-hydrogen) atoms. The fraction of sp³-hybridized carbons (Fsp3) is 0.444. The molecule has 1 unspecified atom stereocenters. The van der Waals surface area contributed by atoms with Crippen LogP contribution in [0.4, 0.5) is 0 Å². The lowest BCUT2D eigenvalue weighted by molar-refractivity contribution is -0.130. The molecule has 0 aliphatic heterocycles. The Bertz CT molecular complexity index is 283. The van der Waals surface area contributed by atoms with E-state index in [-0.39, 0.29) is 18.3 Å². The summed E-state index contributed by atoms with van der Waals surface area (Å²) in [5.41, 5.74) is 0.195. The molecule has 0 aliphatic rings. The van der Waals surface area contributed by atoms with Gasteiger partial charge in [-0.25, -0.2) is 9.36 Å². The molecule has 0 saturated heterocycles. The lowest BCUT2D eigenvalue weighted by atomic mass is 10.4. The zero-order valence-corrected chi connectivity index (χ0v) is 9.38. The summed E-state index contributed by atoms with van der Waals surface area (Å²) >= 11 is 0. The maximum atomic E-state index is 11.7. The Morgan fingerprint density at radius 3 is 2.50 bits per heavy atom. The van der Waals surface area contributed by atoms with Crippen LogP contribution in [-0.4, -0.2) is 18.7 Å². The highest BCUT2D eigenvalue weighted by Crippen LogP contribution is 2.48. The van der Waals surface area contributed by atoms with Crippen LogP contribution >= 0.6 is 7.60 Å². The van der Waals surface area contributed by atoms with Gasteiger partial charge in [0.05, 0.1) is 12.8 Å². The van der Waals surface area contributed by atoms with Gasteiger partial charge in [-0.1, -0.05) is 19.6 Å². The summed E-state index contributed by atoms with van der Waals surface area (Å²) in [6.07, 6.45) is 1.58. The molecule has 0 fully saturated rings. The van der Waals surface area contributed by atoms with Crippen molar-refractivity contribution in [2.24, 2.45) is 0 Å². The molecule has 0 N–H and O–H groups in total. The lowest BCUT2D eigenvalue weighted by Crippen LogP contribution is -2.06. The van der Waals surface area contributed by atoms with E-state index in [2.05, 4.69) is 13.2 Å². The third-order valence-corrected chi connectivity index (χ3v) is 3.11. The molecule has 1 atom stereocenters. The van der Waals surface area contributed by atoms with Gasteiger partial charge < -0.3 is 4.52 Å². The average Bonchev–Trinajstić information content (AvgIpc) is 2.14. The Labute approximate surface area is 84.1 Å². The summed E-state index contributed by atoms with van der Waals surface area (Å²) in [6.45, 7) is 9.99. The Morgan fingerprint density at radius 1 is 1.57 bits per heavy atom. The van der Waals surface area contributed by atoms with Crippen LogP contribution in [0.1, 0.15) is 13.8 Å². The molecule has 0 aromatic carbocycles. The summed E-state index contributed by atoms with van der Waals surface area (Å²) in [6, 6.07) is 0. The van der Waals surface area contributed by atoms with Crippen molar-refractivity contribution in [2.45, 2.75) is 13.8 Å². The molecule has 0 spiro atoms. The van der Waals surface area contributed by atoms with Crippen LogP contribution in [-0.2, 0) is 18.4 Å². The molecule has 0 amide bonds. The topological polar surface area (TPSA) is 52.6 Å². The summed E-state index contributed by atoms with van der Waals surface area (Å²) in [5.74, 6) is -0.695. The Balaban J connectivity index is 4.39. The highest BCUT2D eigenvalue weighted by Gasteiger charge is 2.26. The molecule has 0 radical (unpaired) electrons. The Kier molecular flexibility index (Phi) is 5.43. The van der Waals surface area contributed by atoms with Gasteiger partial charge >= 0.3 is 13.6 Å². The van der Waals surface area contributed by atoms with Crippen LogP contribution < -0.4 is 0 Å². The highest BCUT2D eigenvalue weighted by molar-refractivity contribution is 7.54. The van der Waals surface area contributed by atoms with Crippen molar-refractivity contribution < 1.29 is 18.4 Å². The summed E-state index contributed by atoms with van der Waals surface area (Å²) < 4.78 is 21.3. The van der Waals surface area contributed by atoms with Gasteiger partial charge in [0.2, 0.25) is 0 Å². The number of carbonyl (C=O) groups is 1. The normalized spacial score (nSPS) is 14.1. The van der Waals surface area contributed by atoms with Crippen molar-refractivity contribution in [1.29, 1.82) is 0 Å². The minimum Gasteiger partial charge on any atom is -0.388 e. The highest BCUT2D eigenvalue weighted by atomic mass is 31.2. The zero-order valence-electron chi connectivity index (χ0n) is 8.49. The summed E-state index contributed by atoms with van der Waals surface area (Å²) in [5, 5.41) is 0. The first-order chi connectivity index (χ1) is 6.45. The third-order valence-electron chi connectivity index (χ3n) is 1.35. The van der Waals surface area contributed by atoms with Crippen LogP contribution in [0.3, 0.4) is 0 Å². The SMILES string of the molecule is C=CCOP(=O)(CC)OC(=O)C(=C)C. The van der Waals surface area contributed by atoms with Crippen molar-refractivity contribution in [3.63, 3.8) is 0 Å². The largest absolute Gasteiger partial charge is 0.388 e. The lowest BCUT2D eigenvalue weighted by Gasteiger charge is -2.15. The van der Waals surface area contributed by atoms with Crippen LogP contribution in [0.5, 0.6) is 0 Å². The first-order valence-electron chi connectivity index (χ1n) is 4.19. The molecule has 4 nitrogen and oxygen atoms in total. The monoisotopic (exact) mass is 218 g/mol. The molecule has 0 aromatic heterocycles. The van der Waals surface area contributed by atoms with E-state index in [0.29, 0.717) is 0 Å².